The summed E-state index contributed by atoms with van der Waals surface area (Å²) in [6.45, 7) is 2.18. The number of aromatic amines is 1. The quantitative estimate of drug-likeness (QED) is 0.740. The third-order valence-corrected chi connectivity index (χ3v) is 5.24. The SMILES string of the molecule is CCCc1cccc(CS(=O)c2nc3ccccc3[nH]2)c1N(C)C. The van der Waals surface area contributed by atoms with Crippen LogP contribution in [0.1, 0.15) is 24.5 Å². The summed E-state index contributed by atoms with van der Waals surface area (Å²) < 4.78 is 12.8. The molecule has 0 spiro atoms. The lowest BCUT2D eigenvalue weighted by Crippen LogP contribution is -2.15. The van der Waals surface area contributed by atoms with Crippen LogP contribution < -0.4 is 4.90 Å². The van der Waals surface area contributed by atoms with E-state index in [0.29, 0.717) is 10.9 Å². The van der Waals surface area contributed by atoms with Crippen LogP contribution in [0.2, 0.25) is 0 Å². The van der Waals surface area contributed by atoms with E-state index in [-0.39, 0.29) is 0 Å². The van der Waals surface area contributed by atoms with Crippen LogP contribution in [-0.4, -0.2) is 28.3 Å². The molecule has 0 radical (unpaired) electrons. The minimum Gasteiger partial charge on any atom is -0.377 e. The Morgan fingerprint density at radius 3 is 2.54 bits per heavy atom. The fourth-order valence-electron chi connectivity index (χ4n) is 3.05. The van der Waals surface area contributed by atoms with Gasteiger partial charge in [-0.2, -0.15) is 0 Å². The Morgan fingerprint density at radius 2 is 1.83 bits per heavy atom. The molecule has 1 aromatic heterocycles. The summed E-state index contributed by atoms with van der Waals surface area (Å²) in [5.74, 6) is 0.463. The van der Waals surface area contributed by atoms with Gasteiger partial charge in [-0.15, -0.1) is 0 Å². The van der Waals surface area contributed by atoms with Crippen LogP contribution in [-0.2, 0) is 23.0 Å². The molecule has 126 valence electrons. The number of hydrogen-bond donors (Lipinski definition) is 1. The van der Waals surface area contributed by atoms with E-state index in [4.69, 9.17) is 0 Å². The van der Waals surface area contributed by atoms with Crippen LogP contribution in [0.3, 0.4) is 0 Å². The van der Waals surface area contributed by atoms with Crippen LogP contribution in [0, 0.1) is 0 Å². The molecular weight excluding hydrogens is 318 g/mol. The maximum Gasteiger partial charge on any atom is 0.197 e. The minimum absolute atomic E-state index is 0.463. The number of nitrogens with one attached hydrogen (secondary N) is 1. The number of rotatable bonds is 6. The van der Waals surface area contributed by atoms with Gasteiger partial charge in [-0.3, -0.25) is 4.21 Å². The van der Waals surface area contributed by atoms with Crippen molar-refractivity contribution in [3.05, 3.63) is 53.6 Å². The second-order valence-corrected chi connectivity index (χ2v) is 7.48. The van der Waals surface area contributed by atoms with E-state index < -0.39 is 10.8 Å². The zero-order chi connectivity index (χ0) is 17.1. The van der Waals surface area contributed by atoms with Gasteiger partial charge in [0, 0.05) is 19.8 Å². The number of nitrogens with zero attached hydrogens (tertiary/aromatic N) is 2. The summed E-state index contributed by atoms with van der Waals surface area (Å²) in [4.78, 5) is 9.77. The average Bonchev–Trinajstić information content (AvgIpc) is 2.99. The van der Waals surface area contributed by atoms with Crippen molar-refractivity contribution in [1.29, 1.82) is 0 Å². The second kappa shape index (κ2) is 7.18. The van der Waals surface area contributed by atoms with Gasteiger partial charge >= 0.3 is 0 Å². The predicted molar refractivity (Wildman–Crippen MR) is 101 cm³/mol. The first-order chi connectivity index (χ1) is 11.6. The van der Waals surface area contributed by atoms with Crippen LogP contribution in [0.15, 0.2) is 47.6 Å². The Morgan fingerprint density at radius 1 is 1.08 bits per heavy atom. The van der Waals surface area contributed by atoms with Gasteiger partial charge < -0.3 is 9.88 Å². The van der Waals surface area contributed by atoms with Crippen LogP contribution in [0.4, 0.5) is 5.69 Å². The second-order valence-electron chi connectivity index (χ2n) is 6.12. The smallest absolute Gasteiger partial charge is 0.197 e. The lowest BCUT2D eigenvalue weighted by atomic mass is 10.0. The molecule has 4 nitrogen and oxygen atoms in total. The third kappa shape index (κ3) is 3.36. The van der Waals surface area contributed by atoms with Gasteiger partial charge in [-0.05, 0) is 29.7 Å². The maximum atomic E-state index is 12.8. The monoisotopic (exact) mass is 341 g/mol. The Bertz CT molecular complexity index is 837. The fraction of sp³-hybridized carbons (Fsp3) is 0.316. The highest BCUT2D eigenvalue weighted by Gasteiger charge is 2.16. The average molecular weight is 341 g/mol. The van der Waals surface area contributed by atoms with Gasteiger partial charge in [0.05, 0.1) is 27.6 Å². The van der Waals surface area contributed by atoms with E-state index in [2.05, 4.69) is 40.0 Å². The van der Waals surface area contributed by atoms with E-state index in [9.17, 15) is 4.21 Å². The first kappa shape index (κ1) is 16.7. The molecule has 1 heterocycles. The molecule has 0 bridgehead atoms. The number of H-pyrrole nitrogens is 1. The molecule has 0 saturated heterocycles. The van der Waals surface area contributed by atoms with Crippen molar-refractivity contribution >= 4 is 27.5 Å². The molecule has 24 heavy (non-hydrogen) atoms. The van der Waals surface area contributed by atoms with E-state index in [1.807, 2.05) is 38.4 Å². The molecule has 0 amide bonds. The van der Waals surface area contributed by atoms with Crippen LogP contribution >= 0.6 is 0 Å². The molecule has 1 atom stereocenters. The highest BCUT2D eigenvalue weighted by atomic mass is 32.2. The van der Waals surface area contributed by atoms with E-state index in [1.165, 1.54) is 11.3 Å². The molecule has 0 aliphatic rings. The van der Waals surface area contributed by atoms with Gasteiger partial charge in [0.2, 0.25) is 0 Å². The molecule has 0 aliphatic heterocycles. The zero-order valence-electron chi connectivity index (χ0n) is 14.4. The van der Waals surface area contributed by atoms with Crippen LogP contribution in [0.25, 0.3) is 11.0 Å². The number of fused-ring (bicyclic) bond motifs is 1. The van der Waals surface area contributed by atoms with Crippen molar-refractivity contribution in [2.24, 2.45) is 0 Å². The molecule has 1 unspecified atom stereocenters. The number of aromatic nitrogens is 2. The number of hydrogen-bond acceptors (Lipinski definition) is 3. The highest BCUT2D eigenvalue weighted by Crippen LogP contribution is 2.27. The summed E-state index contributed by atoms with van der Waals surface area (Å²) in [6.07, 6.45) is 2.12. The number of para-hydroxylation sites is 3. The Hall–Kier alpha value is -2.14. The van der Waals surface area contributed by atoms with E-state index >= 15 is 0 Å². The van der Waals surface area contributed by atoms with Gasteiger partial charge in [0.25, 0.3) is 0 Å². The summed E-state index contributed by atoms with van der Waals surface area (Å²) in [6, 6.07) is 14.1. The summed E-state index contributed by atoms with van der Waals surface area (Å²) >= 11 is 0. The normalized spacial score (nSPS) is 12.5. The highest BCUT2D eigenvalue weighted by molar-refractivity contribution is 7.84. The van der Waals surface area contributed by atoms with Crippen molar-refractivity contribution in [3.8, 4) is 0 Å². The molecule has 2 aromatic carbocycles. The van der Waals surface area contributed by atoms with Gasteiger partial charge in [0.1, 0.15) is 0 Å². The minimum atomic E-state index is -1.20. The molecule has 1 N–H and O–H groups in total. The molecule has 0 saturated carbocycles. The first-order valence-corrected chi connectivity index (χ1v) is 9.53. The first-order valence-electron chi connectivity index (χ1n) is 8.21. The summed E-state index contributed by atoms with van der Waals surface area (Å²) in [5.41, 5.74) is 5.37. The third-order valence-electron chi connectivity index (χ3n) is 4.04. The van der Waals surface area contributed by atoms with Crippen molar-refractivity contribution in [2.45, 2.75) is 30.7 Å². The van der Waals surface area contributed by atoms with Gasteiger partial charge in [-0.25, -0.2) is 4.98 Å². The Kier molecular flexibility index (Phi) is 5.00. The Balaban J connectivity index is 1.92. The molecule has 0 aliphatic carbocycles. The van der Waals surface area contributed by atoms with Crippen molar-refractivity contribution in [2.75, 3.05) is 19.0 Å². The molecule has 3 rings (SSSR count). The lowest BCUT2D eigenvalue weighted by molar-refractivity contribution is 0.677. The van der Waals surface area contributed by atoms with Crippen molar-refractivity contribution < 1.29 is 4.21 Å². The standard InChI is InChI=1S/C19H23N3OS/c1-4-8-14-9-7-10-15(18(14)22(2)3)13-24(23)19-20-16-11-5-6-12-17(16)21-19/h5-7,9-12H,4,8,13H2,1-3H3,(H,20,21). The fourth-order valence-corrected chi connectivity index (χ4v) is 4.13. The van der Waals surface area contributed by atoms with E-state index in [0.717, 1.165) is 29.4 Å². The Labute approximate surface area is 145 Å². The van der Waals surface area contributed by atoms with Gasteiger partial charge in [0.15, 0.2) is 5.16 Å². The molecule has 5 heteroatoms. The zero-order valence-corrected chi connectivity index (χ0v) is 15.2. The maximum absolute atomic E-state index is 12.8. The lowest BCUT2D eigenvalue weighted by Gasteiger charge is -2.21. The molecule has 3 aromatic rings. The van der Waals surface area contributed by atoms with Crippen LogP contribution in [0.5, 0.6) is 0 Å². The predicted octanol–water partition coefficient (Wildman–Crippen LogP) is 3.89. The van der Waals surface area contributed by atoms with Crippen molar-refractivity contribution in [3.63, 3.8) is 0 Å². The summed E-state index contributed by atoms with van der Waals surface area (Å²) in [5, 5.41) is 0.543. The number of imidazole rings is 1. The number of aryl methyl sites for hydroxylation is 1. The largest absolute Gasteiger partial charge is 0.377 e. The molecular formula is C19H23N3OS. The van der Waals surface area contributed by atoms with E-state index in [1.54, 1.807) is 0 Å². The number of anilines is 1. The molecule has 0 fully saturated rings. The summed E-state index contributed by atoms with van der Waals surface area (Å²) in [7, 11) is 2.89. The number of benzene rings is 2. The topological polar surface area (TPSA) is 49.0 Å². The van der Waals surface area contributed by atoms with Crippen molar-refractivity contribution in [1.82, 2.24) is 9.97 Å². The van der Waals surface area contributed by atoms with Gasteiger partial charge in [-0.1, -0.05) is 43.7 Å².